The third-order valence-electron chi connectivity index (χ3n) is 2.92. The van der Waals surface area contributed by atoms with Crippen molar-refractivity contribution in [1.29, 1.82) is 5.26 Å². The molecule has 0 saturated heterocycles. The van der Waals surface area contributed by atoms with E-state index in [9.17, 15) is 33.0 Å². The molecule has 0 radical (unpaired) electrons. The number of nitro groups is 2. The normalized spacial score (nSPS) is 10.7. The summed E-state index contributed by atoms with van der Waals surface area (Å²) in [5.74, 6) is -0.788. The van der Waals surface area contributed by atoms with Crippen molar-refractivity contribution in [2.24, 2.45) is 0 Å². The van der Waals surface area contributed by atoms with Crippen LogP contribution in [0, 0.1) is 37.4 Å². The highest BCUT2D eigenvalue weighted by Gasteiger charge is 2.36. The Morgan fingerprint density at radius 2 is 1.64 bits per heavy atom. The molecular weight excluding hydrogens is 359 g/mol. The lowest BCUT2D eigenvalue weighted by atomic mass is 10.2. The number of nitrogens with one attached hydrogen (secondary N) is 1. The minimum atomic E-state index is -4.82. The van der Waals surface area contributed by atoms with E-state index in [1.165, 1.54) is 12.1 Å². The molecule has 0 saturated carbocycles. The monoisotopic (exact) mass is 366 g/mol. The zero-order valence-electron chi connectivity index (χ0n) is 12.0. The molecule has 0 aliphatic heterocycles. The van der Waals surface area contributed by atoms with Crippen molar-refractivity contribution in [2.75, 3.05) is 4.72 Å². The van der Waals surface area contributed by atoms with Gasteiger partial charge in [0.15, 0.2) is 0 Å². The molecule has 0 aromatic heterocycles. The quantitative estimate of drug-likeness (QED) is 0.628. The number of rotatable bonds is 5. The van der Waals surface area contributed by atoms with Crippen molar-refractivity contribution in [3.63, 3.8) is 0 Å². The summed E-state index contributed by atoms with van der Waals surface area (Å²) in [5, 5.41) is 31.1. The molecule has 0 unspecified atom stereocenters. The van der Waals surface area contributed by atoms with Gasteiger partial charge < -0.3 is 0 Å². The van der Waals surface area contributed by atoms with E-state index in [4.69, 9.17) is 5.26 Å². The summed E-state index contributed by atoms with van der Waals surface area (Å²) in [6.45, 7) is 0. The van der Waals surface area contributed by atoms with Gasteiger partial charge in [0.1, 0.15) is 5.82 Å². The fraction of sp³-hybridized carbons (Fsp3) is 0. The fourth-order valence-electron chi connectivity index (χ4n) is 1.97. The van der Waals surface area contributed by atoms with Crippen LogP contribution in [-0.2, 0) is 10.0 Å². The lowest BCUT2D eigenvalue weighted by Crippen LogP contribution is -2.17. The minimum Gasteiger partial charge on any atom is -0.279 e. The van der Waals surface area contributed by atoms with Crippen molar-refractivity contribution in [3.8, 4) is 6.07 Å². The molecule has 0 bridgehead atoms. The Hall–Kier alpha value is -3.59. The SMILES string of the molecule is N#Cc1cc([N+](=O)[O-])c(S(=O)(=O)Nc2cccc(F)c2)c([N+](=O)[O-])c1. The van der Waals surface area contributed by atoms with Gasteiger partial charge in [0.2, 0.25) is 4.90 Å². The van der Waals surface area contributed by atoms with E-state index in [-0.39, 0.29) is 5.69 Å². The van der Waals surface area contributed by atoms with Crippen LogP contribution in [0.15, 0.2) is 41.3 Å². The molecular formula is C13H7FN4O6S. The Morgan fingerprint density at radius 3 is 2.08 bits per heavy atom. The van der Waals surface area contributed by atoms with Crippen LogP contribution in [0.3, 0.4) is 0 Å². The van der Waals surface area contributed by atoms with Crippen molar-refractivity contribution in [3.05, 3.63) is 68.0 Å². The Bertz CT molecular complexity index is 996. The van der Waals surface area contributed by atoms with Gasteiger partial charge in [-0.15, -0.1) is 0 Å². The maximum absolute atomic E-state index is 13.2. The van der Waals surface area contributed by atoms with E-state index in [0.29, 0.717) is 12.1 Å². The van der Waals surface area contributed by atoms with Crippen LogP contribution in [0.1, 0.15) is 5.56 Å². The van der Waals surface area contributed by atoms with E-state index in [1.54, 1.807) is 0 Å². The van der Waals surface area contributed by atoms with Crippen LogP contribution >= 0.6 is 0 Å². The molecule has 10 nitrogen and oxygen atoms in total. The van der Waals surface area contributed by atoms with Crippen LogP contribution in [0.2, 0.25) is 0 Å². The second-order valence-corrected chi connectivity index (χ2v) is 6.20. The molecule has 0 heterocycles. The zero-order valence-corrected chi connectivity index (χ0v) is 12.9. The smallest absolute Gasteiger partial charge is 0.279 e. The zero-order chi connectivity index (χ0) is 18.8. The highest BCUT2D eigenvalue weighted by molar-refractivity contribution is 7.93. The summed E-state index contributed by atoms with van der Waals surface area (Å²) < 4.78 is 39.9. The van der Waals surface area contributed by atoms with Crippen LogP contribution in [0.4, 0.5) is 21.5 Å². The van der Waals surface area contributed by atoms with Gasteiger partial charge in [-0.3, -0.25) is 25.0 Å². The molecule has 0 amide bonds. The maximum Gasteiger partial charge on any atom is 0.298 e. The highest BCUT2D eigenvalue weighted by atomic mass is 32.2. The van der Waals surface area contributed by atoms with Gasteiger partial charge in [0.05, 0.1) is 27.2 Å². The summed E-state index contributed by atoms with van der Waals surface area (Å²) >= 11 is 0. The summed E-state index contributed by atoms with van der Waals surface area (Å²) in [5.41, 5.74) is -3.03. The predicted molar refractivity (Wildman–Crippen MR) is 81.7 cm³/mol. The summed E-state index contributed by atoms with van der Waals surface area (Å²) in [6.07, 6.45) is 0. The van der Waals surface area contributed by atoms with Gasteiger partial charge >= 0.3 is 0 Å². The molecule has 2 rings (SSSR count). The van der Waals surface area contributed by atoms with Crippen LogP contribution in [0.5, 0.6) is 0 Å². The first kappa shape index (κ1) is 17.8. The molecule has 0 atom stereocenters. The summed E-state index contributed by atoms with van der Waals surface area (Å²) in [7, 11) is -4.82. The second-order valence-electron chi connectivity index (χ2n) is 4.59. The molecule has 2 aromatic carbocycles. The van der Waals surface area contributed by atoms with Crippen molar-refractivity contribution < 1.29 is 22.7 Å². The number of nitriles is 1. The van der Waals surface area contributed by atoms with Crippen LogP contribution in [-0.4, -0.2) is 18.3 Å². The average Bonchev–Trinajstić information content (AvgIpc) is 2.52. The Morgan fingerprint density at radius 1 is 1.08 bits per heavy atom. The Balaban J connectivity index is 2.73. The largest absolute Gasteiger partial charge is 0.298 e. The molecule has 128 valence electrons. The van der Waals surface area contributed by atoms with E-state index >= 15 is 0 Å². The number of hydrogen-bond acceptors (Lipinski definition) is 7. The standard InChI is InChI=1S/C13H7FN4O6S/c14-9-2-1-3-10(6-9)16-25(23,24)13-11(17(19)20)4-8(7-15)5-12(13)18(21)22/h1-6,16H. The van der Waals surface area contributed by atoms with Gasteiger partial charge in [0.25, 0.3) is 21.4 Å². The van der Waals surface area contributed by atoms with Gasteiger partial charge in [-0.05, 0) is 18.2 Å². The lowest BCUT2D eigenvalue weighted by Gasteiger charge is -2.09. The third-order valence-corrected chi connectivity index (χ3v) is 4.38. The predicted octanol–water partition coefficient (Wildman–Crippen LogP) is 2.31. The number of halogens is 1. The van der Waals surface area contributed by atoms with E-state index in [1.807, 2.05) is 4.72 Å². The summed E-state index contributed by atoms with van der Waals surface area (Å²) in [6, 6.07) is 6.84. The number of anilines is 1. The molecule has 25 heavy (non-hydrogen) atoms. The van der Waals surface area contributed by atoms with E-state index in [0.717, 1.165) is 18.2 Å². The fourth-order valence-corrected chi connectivity index (χ4v) is 3.32. The van der Waals surface area contributed by atoms with Crippen molar-refractivity contribution in [2.45, 2.75) is 4.90 Å². The minimum absolute atomic E-state index is 0.284. The van der Waals surface area contributed by atoms with Gasteiger partial charge in [-0.25, -0.2) is 12.8 Å². The number of hydrogen-bond donors (Lipinski definition) is 1. The molecule has 0 aliphatic rings. The summed E-state index contributed by atoms with van der Waals surface area (Å²) in [4.78, 5) is 18.7. The number of sulfonamides is 1. The topological polar surface area (TPSA) is 156 Å². The molecule has 1 N–H and O–H groups in total. The van der Waals surface area contributed by atoms with Crippen LogP contribution in [0.25, 0.3) is 0 Å². The molecule has 12 heteroatoms. The maximum atomic E-state index is 13.2. The lowest BCUT2D eigenvalue weighted by molar-refractivity contribution is -0.399. The first-order chi connectivity index (χ1) is 11.7. The van der Waals surface area contributed by atoms with Gasteiger partial charge in [-0.2, -0.15) is 5.26 Å². The van der Waals surface area contributed by atoms with E-state index in [2.05, 4.69) is 0 Å². The van der Waals surface area contributed by atoms with Gasteiger partial charge in [-0.1, -0.05) is 6.07 Å². The van der Waals surface area contributed by atoms with Crippen molar-refractivity contribution >= 4 is 27.1 Å². The Kier molecular flexibility index (Phi) is 4.61. The van der Waals surface area contributed by atoms with Gasteiger partial charge in [0, 0.05) is 12.1 Å². The van der Waals surface area contributed by atoms with Crippen LogP contribution < -0.4 is 4.72 Å². The number of nitrogens with zero attached hydrogens (tertiary/aromatic N) is 3. The Labute approximate surface area is 139 Å². The third kappa shape index (κ3) is 3.67. The first-order valence-electron chi connectivity index (χ1n) is 6.31. The van der Waals surface area contributed by atoms with E-state index < -0.39 is 47.5 Å². The second kappa shape index (κ2) is 6.49. The highest BCUT2D eigenvalue weighted by Crippen LogP contribution is 2.35. The van der Waals surface area contributed by atoms with Crippen molar-refractivity contribution in [1.82, 2.24) is 0 Å². The molecule has 0 fully saturated rings. The number of benzene rings is 2. The molecule has 2 aromatic rings. The first-order valence-corrected chi connectivity index (χ1v) is 7.79. The molecule has 0 spiro atoms. The number of nitro benzene ring substituents is 2. The average molecular weight is 366 g/mol. The molecule has 0 aliphatic carbocycles.